The van der Waals surface area contributed by atoms with Gasteiger partial charge in [0.25, 0.3) is 20.0 Å². The van der Waals surface area contributed by atoms with Gasteiger partial charge in [-0.25, -0.2) is 4.39 Å². The number of aromatic nitrogens is 2. The number of sulfonamides is 2. The first-order valence-corrected chi connectivity index (χ1v) is 11.7. The van der Waals surface area contributed by atoms with Gasteiger partial charge in [0.05, 0.1) is 0 Å². The van der Waals surface area contributed by atoms with Crippen molar-refractivity contribution in [2.24, 2.45) is 0 Å². The van der Waals surface area contributed by atoms with Gasteiger partial charge in [0.1, 0.15) is 22.9 Å². The van der Waals surface area contributed by atoms with E-state index >= 15 is 0 Å². The number of anilines is 1. The van der Waals surface area contributed by atoms with Gasteiger partial charge in [-0.05, 0) is 45.9 Å². The zero-order valence-corrected chi connectivity index (χ0v) is 18.8. The Morgan fingerprint density at radius 2 is 1.34 bits per heavy atom. The minimum absolute atomic E-state index is 0.0147. The lowest BCUT2D eigenvalue weighted by molar-refractivity contribution is 0.390. The largest absolute Gasteiger partial charge is 0.360 e. The van der Waals surface area contributed by atoms with Gasteiger partial charge in [-0.2, -0.15) is 20.5 Å². The van der Waals surface area contributed by atoms with E-state index in [0.717, 1.165) is 12.1 Å². The summed E-state index contributed by atoms with van der Waals surface area (Å²) in [5, 5.41) is 7.13. The summed E-state index contributed by atoms with van der Waals surface area (Å²) in [6.45, 7) is 5.29. The smallest absolute Gasteiger partial charge is 0.283 e. The fourth-order valence-corrected chi connectivity index (χ4v) is 7.45. The SMILES string of the molecule is Cc1noc(C)c1S(=O)(=O)N(c1ccc(Br)cc1F)S(=O)(=O)c1c(C)noc1C. The second-order valence-corrected chi connectivity index (χ2v) is 10.7. The predicted octanol–water partition coefficient (Wildman–Crippen LogP) is 3.38. The average molecular weight is 508 g/mol. The molecule has 3 rings (SSSR count). The highest BCUT2D eigenvalue weighted by Gasteiger charge is 2.44. The Balaban J connectivity index is 2.41. The van der Waals surface area contributed by atoms with Gasteiger partial charge in [-0.1, -0.05) is 26.2 Å². The van der Waals surface area contributed by atoms with Crippen LogP contribution in [0.2, 0.25) is 0 Å². The highest BCUT2D eigenvalue weighted by atomic mass is 79.9. The third-order valence-electron chi connectivity index (χ3n) is 3.99. The van der Waals surface area contributed by atoms with E-state index in [2.05, 4.69) is 26.2 Å². The van der Waals surface area contributed by atoms with Crippen LogP contribution in [0.15, 0.2) is 41.5 Å². The van der Waals surface area contributed by atoms with Gasteiger partial charge >= 0.3 is 0 Å². The van der Waals surface area contributed by atoms with Crippen LogP contribution >= 0.6 is 15.9 Å². The zero-order chi connectivity index (χ0) is 21.7. The van der Waals surface area contributed by atoms with E-state index in [1.54, 1.807) is 0 Å². The number of halogens is 2. The van der Waals surface area contributed by atoms with Crippen LogP contribution in [0.5, 0.6) is 0 Å². The summed E-state index contributed by atoms with van der Waals surface area (Å²) in [5.74, 6) is -1.36. The third-order valence-corrected chi connectivity index (χ3v) is 9.13. The van der Waals surface area contributed by atoms with E-state index in [1.165, 1.54) is 33.8 Å². The minimum Gasteiger partial charge on any atom is -0.360 e. The zero-order valence-electron chi connectivity index (χ0n) is 15.6. The second kappa shape index (κ2) is 7.22. The fraction of sp³-hybridized carbons (Fsp3) is 0.250. The molecule has 0 aliphatic heterocycles. The van der Waals surface area contributed by atoms with E-state index in [-0.39, 0.29) is 26.6 Å². The second-order valence-electron chi connectivity index (χ2n) is 6.11. The van der Waals surface area contributed by atoms with Crippen molar-refractivity contribution in [2.45, 2.75) is 37.5 Å². The van der Waals surface area contributed by atoms with E-state index in [4.69, 9.17) is 9.05 Å². The lowest BCUT2D eigenvalue weighted by Gasteiger charge is -2.24. The lowest BCUT2D eigenvalue weighted by Crippen LogP contribution is -2.38. The van der Waals surface area contributed by atoms with Crippen molar-refractivity contribution >= 4 is 41.7 Å². The molecule has 13 heteroatoms. The molecule has 0 radical (unpaired) electrons. The van der Waals surface area contributed by atoms with Crippen LogP contribution in [0.25, 0.3) is 0 Å². The van der Waals surface area contributed by atoms with Crippen LogP contribution in [0, 0.1) is 33.5 Å². The van der Waals surface area contributed by atoms with Crippen molar-refractivity contribution in [3.05, 3.63) is 51.4 Å². The number of nitrogens with zero attached hydrogens (tertiary/aromatic N) is 3. The summed E-state index contributed by atoms with van der Waals surface area (Å²) in [6, 6.07) is 3.30. The standard InChI is InChI=1S/C16H15BrFN3O6S2/c1-8-15(10(3)26-19-8)28(22,23)21(14-6-5-12(17)7-13(14)18)29(24,25)16-9(2)20-27-11(16)4/h5-7H,1-4H3. The van der Waals surface area contributed by atoms with Crippen molar-refractivity contribution in [1.82, 2.24) is 10.3 Å². The van der Waals surface area contributed by atoms with Crippen LogP contribution in [-0.4, -0.2) is 27.1 Å². The maximum Gasteiger partial charge on any atom is 0.283 e. The molecule has 0 saturated heterocycles. The van der Waals surface area contributed by atoms with E-state index in [1.807, 2.05) is 0 Å². The molecule has 0 spiro atoms. The summed E-state index contributed by atoms with van der Waals surface area (Å²) in [4.78, 5) is -0.953. The van der Waals surface area contributed by atoms with E-state index in [0.29, 0.717) is 4.47 Å². The first-order valence-electron chi connectivity index (χ1n) is 8.00. The third kappa shape index (κ3) is 3.46. The molecule has 0 saturated carbocycles. The number of benzene rings is 1. The normalized spacial score (nSPS) is 12.3. The topological polar surface area (TPSA) is 124 Å². The monoisotopic (exact) mass is 507 g/mol. The molecule has 3 aromatic rings. The maximum absolute atomic E-state index is 14.8. The van der Waals surface area contributed by atoms with Gasteiger partial charge in [-0.15, -0.1) is 0 Å². The molecule has 0 fully saturated rings. The van der Waals surface area contributed by atoms with Crippen LogP contribution < -0.4 is 3.71 Å². The summed E-state index contributed by atoms with van der Waals surface area (Å²) in [7, 11) is -9.72. The molecular weight excluding hydrogens is 493 g/mol. The van der Waals surface area contributed by atoms with Gasteiger partial charge < -0.3 is 9.05 Å². The summed E-state index contributed by atoms with van der Waals surface area (Å²) < 4.78 is 78.7. The molecule has 2 aromatic heterocycles. The average Bonchev–Trinajstić information content (AvgIpc) is 3.11. The Bertz CT molecular complexity index is 1200. The predicted molar refractivity (Wildman–Crippen MR) is 103 cm³/mol. The molecule has 0 unspecified atom stereocenters. The summed E-state index contributed by atoms with van der Waals surface area (Å²) in [6.07, 6.45) is 0. The van der Waals surface area contributed by atoms with Crippen LogP contribution in [0.3, 0.4) is 0 Å². The molecule has 1 aromatic carbocycles. The van der Waals surface area contributed by atoms with Crippen LogP contribution in [0.1, 0.15) is 22.9 Å². The molecule has 0 N–H and O–H groups in total. The van der Waals surface area contributed by atoms with Crippen LogP contribution in [0.4, 0.5) is 10.1 Å². The highest BCUT2D eigenvalue weighted by molar-refractivity contribution is 9.10. The molecule has 0 atom stereocenters. The molecular formula is C16H15BrFN3O6S2. The molecule has 0 aliphatic carbocycles. The Labute approximate surface area is 174 Å². The van der Waals surface area contributed by atoms with Crippen molar-refractivity contribution in [3.63, 3.8) is 0 Å². The summed E-state index contributed by atoms with van der Waals surface area (Å²) >= 11 is 3.06. The maximum atomic E-state index is 14.8. The molecule has 2 heterocycles. The van der Waals surface area contributed by atoms with Gasteiger partial charge in [0.15, 0.2) is 21.3 Å². The number of rotatable bonds is 5. The minimum atomic E-state index is -4.86. The van der Waals surface area contributed by atoms with E-state index < -0.39 is 41.3 Å². The van der Waals surface area contributed by atoms with Crippen molar-refractivity contribution in [2.75, 3.05) is 3.71 Å². The highest BCUT2D eigenvalue weighted by Crippen LogP contribution is 2.37. The lowest BCUT2D eigenvalue weighted by atomic mass is 10.3. The summed E-state index contributed by atoms with van der Waals surface area (Å²) in [5.41, 5.74) is -0.842. The fourth-order valence-electron chi connectivity index (χ4n) is 2.87. The number of hydrogen-bond acceptors (Lipinski definition) is 8. The Kier molecular flexibility index (Phi) is 5.34. The van der Waals surface area contributed by atoms with Crippen LogP contribution in [-0.2, 0) is 20.0 Å². The number of hydrogen-bond donors (Lipinski definition) is 0. The van der Waals surface area contributed by atoms with Crippen molar-refractivity contribution in [1.29, 1.82) is 0 Å². The van der Waals surface area contributed by atoms with Gasteiger partial charge in [0, 0.05) is 4.47 Å². The molecule has 0 aliphatic rings. The first kappa shape index (κ1) is 21.5. The van der Waals surface area contributed by atoms with Gasteiger partial charge in [0.2, 0.25) is 0 Å². The van der Waals surface area contributed by atoms with E-state index in [9.17, 15) is 21.2 Å². The Morgan fingerprint density at radius 3 is 1.69 bits per heavy atom. The molecule has 9 nitrogen and oxygen atoms in total. The van der Waals surface area contributed by atoms with Gasteiger partial charge in [-0.3, -0.25) is 0 Å². The van der Waals surface area contributed by atoms with Crippen molar-refractivity contribution in [3.8, 4) is 0 Å². The molecule has 0 amide bonds. The quantitative estimate of drug-likeness (QED) is 0.514. The Hall–Kier alpha value is -2.25. The molecule has 0 bridgehead atoms. The number of aryl methyl sites for hydroxylation is 4. The Morgan fingerprint density at radius 1 is 0.897 bits per heavy atom. The first-order chi connectivity index (χ1) is 13.4. The van der Waals surface area contributed by atoms with Crippen molar-refractivity contribution < 1.29 is 30.3 Å². The molecule has 29 heavy (non-hydrogen) atoms. The molecule has 156 valence electrons.